The molecule has 0 saturated heterocycles. The van der Waals surface area contributed by atoms with Crippen molar-refractivity contribution in [3.63, 3.8) is 0 Å². The average molecular weight is 194 g/mol. The Bertz CT molecular complexity index is 206. The molecule has 0 spiro atoms. The van der Waals surface area contributed by atoms with Gasteiger partial charge in [-0.15, -0.1) is 0 Å². The third-order valence-electron chi connectivity index (χ3n) is 5.15. The Balaban J connectivity index is 1.80. The van der Waals surface area contributed by atoms with E-state index in [-0.39, 0.29) is 0 Å². The van der Waals surface area contributed by atoms with Crippen molar-refractivity contribution < 1.29 is 0 Å². The van der Waals surface area contributed by atoms with Crippen LogP contribution in [0.1, 0.15) is 47.5 Å². The number of hydrogen-bond donors (Lipinski definition) is 0. The summed E-state index contributed by atoms with van der Waals surface area (Å²) in [4.78, 5) is 0. The summed E-state index contributed by atoms with van der Waals surface area (Å²) in [5.74, 6) is 7.16. The van der Waals surface area contributed by atoms with E-state index in [4.69, 9.17) is 0 Å². The van der Waals surface area contributed by atoms with Gasteiger partial charge in [0.15, 0.2) is 0 Å². The van der Waals surface area contributed by atoms with Gasteiger partial charge < -0.3 is 0 Å². The SMILES string of the molecule is CC(C)C(C)C1C(C)C1CC1CC1C. The maximum absolute atomic E-state index is 2.47. The van der Waals surface area contributed by atoms with Gasteiger partial charge in [-0.2, -0.15) is 0 Å². The molecule has 2 aliphatic rings. The minimum absolute atomic E-state index is 0.879. The average Bonchev–Trinajstić information content (AvgIpc) is 2.95. The van der Waals surface area contributed by atoms with Crippen LogP contribution in [0.3, 0.4) is 0 Å². The van der Waals surface area contributed by atoms with E-state index in [2.05, 4.69) is 34.6 Å². The Morgan fingerprint density at radius 3 is 2.14 bits per heavy atom. The fourth-order valence-electron chi connectivity index (χ4n) is 3.34. The van der Waals surface area contributed by atoms with Crippen LogP contribution in [0.15, 0.2) is 0 Å². The van der Waals surface area contributed by atoms with Gasteiger partial charge in [0.05, 0.1) is 0 Å². The lowest BCUT2D eigenvalue weighted by Crippen LogP contribution is -2.08. The van der Waals surface area contributed by atoms with Gasteiger partial charge in [0.2, 0.25) is 0 Å². The van der Waals surface area contributed by atoms with Crippen LogP contribution in [-0.2, 0) is 0 Å². The smallest absolute Gasteiger partial charge is 0.0326 e. The largest absolute Gasteiger partial charge is 0.0625 e. The summed E-state index contributed by atoms with van der Waals surface area (Å²) in [5, 5.41) is 0. The van der Waals surface area contributed by atoms with Crippen molar-refractivity contribution in [3.05, 3.63) is 0 Å². The van der Waals surface area contributed by atoms with E-state index in [9.17, 15) is 0 Å². The molecule has 0 aromatic carbocycles. The van der Waals surface area contributed by atoms with Crippen molar-refractivity contribution in [2.24, 2.45) is 41.4 Å². The summed E-state index contributed by atoms with van der Waals surface area (Å²) >= 11 is 0. The Hall–Kier alpha value is 0. The topological polar surface area (TPSA) is 0 Å². The van der Waals surface area contributed by atoms with E-state index in [0.29, 0.717) is 0 Å². The minimum atomic E-state index is 0.879. The van der Waals surface area contributed by atoms with Gasteiger partial charge in [0.25, 0.3) is 0 Å². The Morgan fingerprint density at radius 1 is 1.14 bits per heavy atom. The number of rotatable bonds is 4. The molecule has 14 heavy (non-hydrogen) atoms. The van der Waals surface area contributed by atoms with Crippen LogP contribution >= 0.6 is 0 Å². The Kier molecular flexibility index (Phi) is 2.66. The fraction of sp³-hybridized carbons (Fsp3) is 1.00. The third-order valence-corrected chi connectivity index (χ3v) is 5.15. The molecule has 0 amide bonds. The molecule has 82 valence electrons. The highest BCUT2D eigenvalue weighted by molar-refractivity contribution is 5.00. The first-order chi connectivity index (χ1) is 6.52. The van der Waals surface area contributed by atoms with Gasteiger partial charge >= 0.3 is 0 Å². The molecule has 0 aromatic heterocycles. The molecule has 0 radical (unpaired) electrons. The van der Waals surface area contributed by atoms with Crippen molar-refractivity contribution in [2.75, 3.05) is 0 Å². The Morgan fingerprint density at radius 2 is 1.71 bits per heavy atom. The summed E-state index contributed by atoms with van der Waals surface area (Å²) < 4.78 is 0. The molecule has 0 heterocycles. The molecule has 0 aliphatic heterocycles. The van der Waals surface area contributed by atoms with Crippen LogP contribution in [0.25, 0.3) is 0 Å². The van der Waals surface area contributed by atoms with E-state index in [1.807, 2.05) is 0 Å². The lowest BCUT2D eigenvalue weighted by Gasteiger charge is -2.15. The van der Waals surface area contributed by atoms with Crippen molar-refractivity contribution in [1.82, 2.24) is 0 Å². The van der Waals surface area contributed by atoms with Gasteiger partial charge in [-0.25, -0.2) is 0 Å². The van der Waals surface area contributed by atoms with Gasteiger partial charge in [-0.3, -0.25) is 0 Å². The highest BCUT2D eigenvalue weighted by Crippen LogP contribution is 2.58. The van der Waals surface area contributed by atoms with Crippen molar-refractivity contribution in [3.8, 4) is 0 Å². The molecule has 0 N–H and O–H groups in total. The molecule has 6 atom stereocenters. The molecule has 0 bridgehead atoms. The zero-order valence-electron chi connectivity index (χ0n) is 10.5. The standard InChI is InChI=1S/C14H26/c1-8(2)10(4)14-11(5)13(14)7-12-6-9(12)3/h8-14H,6-7H2,1-5H3. The normalized spacial score (nSPS) is 48.0. The van der Waals surface area contributed by atoms with Gasteiger partial charge in [0.1, 0.15) is 0 Å². The van der Waals surface area contributed by atoms with Crippen LogP contribution in [0, 0.1) is 41.4 Å². The molecule has 2 rings (SSSR count). The molecule has 2 saturated carbocycles. The molecular weight excluding hydrogens is 168 g/mol. The zero-order valence-corrected chi connectivity index (χ0v) is 10.5. The predicted octanol–water partition coefficient (Wildman–Crippen LogP) is 4.21. The highest BCUT2D eigenvalue weighted by Gasteiger charge is 2.52. The summed E-state index contributed by atoms with van der Waals surface area (Å²) in [7, 11) is 0. The molecule has 0 heteroatoms. The molecular formula is C14H26. The van der Waals surface area contributed by atoms with E-state index < -0.39 is 0 Å². The summed E-state index contributed by atoms with van der Waals surface area (Å²) in [6, 6.07) is 0. The first kappa shape index (κ1) is 10.5. The Labute approximate surface area is 89.5 Å². The van der Waals surface area contributed by atoms with Gasteiger partial charge in [0, 0.05) is 0 Å². The van der Waals surface area contributed by atoms with Crippen LogP contribution < -0.4 is 0 Å². The van der Waals surface area contributed by atoms with Gasteiger partial charge in [-0.1, -0.05) is 34.6 Å². The minimum Gasteiger partial charge on any atom is -0.0625 e. The molecule has 0 aromatic rings. The molecule has 6 unspecified atom stereocenters. The van der Waals surface area contributed by atoms with Crippen molar-refractivity contribution >= 4 is 0 Å². The summed E-state index contributed by atoms with van der Waals surface area (Å²) in [6.45, 7) is 12.1. The monoisotopic (exact) mass is 194 g/mol. The van der Waals surface area contributed by atoms with E-state index >= 15 is 0 Å². The maximum Gasteiger partial charge on any atom is -0.0326 e. The fourth-order valence-corrected chi connectivity index (χ4v) is 3.34. The lowest BCUT2D eigenvalue weighted by atomic mass is 9.91. The van der Waals surface area contributed by atoms with E-state index in [1.54, 1.807) is 6.42 Å². The highest BCUT2D eigenvalue weighted by atomic mass is 14.6. The van der Waals surface area contributed by atoms with E-state index in [1.165, 1.54) is 6.42 Å². The molecule has 2 fully saturated rings. The summed E-state index contributed by atoms with van der Waals surface area (Å²) in [6.07, 6.45) is 3.07. The lowest BCUT2D eigenvalue weighted by molar-refractivity contribution is 0.341. The zero-order chi connectivity index (χ0) is 10.5. The molecule has 2 aliphatic carbocycles. The van der Waals surface area contributed by atoms with E-state index in [0.717, 1.165) is 41.4 Å². The second-order valence-electron chi connectivity index (χ2n) is 6.41. The molecule has 0 nitrogen and oxygen atoms in total. The number of hydrogen-bond acceptors (Lipinski definition) is 0. The first-order valence-electron chi connectivity index (χ1n) is 6.52. The van der Waals surface area contributed by atoms with Crippen LogP contribution in [0.4, 0.5) is 0 Å². The van der Waals surface area contributed by atoms with Crippen LogP contribution in [-0.4, -0.2) is 0 Å². The van der Waals surface area contributed by atoms with Crippen molar-refractivity contribution in [1.29, 1.82) is 0 Å². The third kappa shape index (κ3) is 1.85. The predicted molar refractivity (Wildman–Crippen MR) is 62.0 cm³/mol. The summed E-state index contributed by atoms with van der Waals surface area (Å²) in [5.41, 5.74) is 0. The maximum atomic E-state index is 2.47. The van der Waals surface area contributed by atoms with Crippen LogP contribution in [0.2, 0.25) is 0 Å². The second-order valence-corrected chi connectivity index (χ2v) is 6.41. The second kappa shape index (κ2) is 3.54. The van der Waals surface area contributed by atoms with Gasteiger partial charge in [-0.05, 0) is 54.3 Å². The van der Waals surface area contributed by atoms with Crippen molar-refractivity contribution in [2.45, 2.75) is 47.5 Å². The quantitative estimate of drug-likeness (QED) is 0.629. The van der Waals surface area contributed by atoms with Crippen LogP contribution in [0.5, 0.6) is 0 Å². The first-order valence-corrected chi connectivity index (χ1v) is 6.52.